The van der Waals surface area contributed by atoms with Crippen LogP contribution in [0.25, 0.3) is 10.8 Å². The molecule has 4 rings (SSSR count). The van der Waals surface area contributed by atoms with Crippen LogP contribution in [0.3, 0.4) is 0 Å². The molecule has 1 aliphatic rings. The third kappa shape index (κ3) is 2.86. The molecule has 1 heterocycles. The van der Waals surface area contributed by atoms with E-state index >= 15 is 0 Å². The Hall–Kier alpha value is -3.17. The predicted molar refractivity (Wildman–Crippen MR) is 96.6 cm³/mol. The molecule has 0 aliphatic carbocycles. The smallest absolute Gasteiger partial charge is 0.142 e. The van der Waals surface area contributed by atoms with Gasteiger partial charge in [-0.3, -0.25) is 0 Å². The van der Waals surface area contributed by atoms with Crippen molar-refractivity contribution in [1.82, 2.24) is 0 Å². The summed E-state index contributed by atoms with van der Waals surface area (Å²) in [4.78, 5) is 0. The van der Waals surface area contributed by atoms with Gasteiger partial charge in [0.1, 0.15) is 35.3 Å². The highest BCUT2D eigenvalue weighted by Gasteiger charge is 2.32. The summed E-state index contributed by atoms with van der Waals surface area (Å²) in [7, 11) is 1.50. The van der Waals surface area contributed by atoms with Gasteiger partial charge in [0.15, 0.2) is 0 Å². The van der Waals surface area contributed by atoms with Crippen LogP contribution in [0.4, 0.5) is 8.78 Å². The number of fused-ring (bicyclic) bond motifs is 3. The Morgan fingerprint density at radius 2 is 2.00 bits per heavy atom. The Labute approximate surface area is 154 Å². The van der Waals surface area contributed by atoms with Crippen LogP contribution in [-0.2, 0) is 6.42 Å². The number of benzene rings is 3. The molecule has 0 saturated heterocycles. The van der Waals surface area contributed by atoms with Crippen molar-refractivity contribution >= 4 is 10.8 Å². The maximum Gasteiger partial charge on any atom is 0.142 e. The quantitative estimate of drug-likeness (QED) is 0.744. The first-order valence-corrected chi connectivity index (χ1v) is 8.42. The van der Waals surface area contributed by atoms with Gasteiger partial charge in [0, 0.05) is 11.1 Å². The number of rotatable bonds is 2. The highest BCUT2D eigenvalue weighted by molar-refractivity contribution is 5.91. The summed E-state index contributed by atoms with van der Waals surface area (Å²) in [6.07, 6.45) is -0.367. The van der Waals surface area contributed by atoms with Crippen LogP contribution in [0.15, 0.2) is 42.5 Å². The highest BCUT2D eigenvalue weighted by atomic mass is 19.1. The monoisotopic (exact) mass is 366 g/mol. The summed E-state index contributed by atoms with van der Waals surface area (Å²) in [5, 5.41) is 11.0. The standard InChI is InChI=1S/C21H16F2N2O2/c1-26-20-9-14-11(6-12(20)10-24)2-5-19-15(14)8-18(25)21(27-19)16-7-13(22)3-4-17(16)23/h2-7,9,18,21H,8,25H2,1H3/t18-,21+/m0/s1. The molecule has 0 amide bonds. The van der Waals surface area contributed by atoms with Crippen LogP contribution >= 0.6 is 0 Å². The molecule has 136 valence electrons. The summed E-state index contributed by atoms with van der Waals surface area (Å²) in [6, 6.07) is 11.9. The third-order valence-corrected chi connectivity index (χ3v) is 4.88. The molecule has 0 radical (unpaired) electrons. The molecule has 0 unspecified atom stereocenters. The number of hydrogen-bond donors (Lipinski definition) is 1. The molecule has 0 aromatic heterocycles. The number of nitrogens with zero attached hydrogens (tertiary/aromatic N) is 1. The average Bonchev–Trinajstić information content (AvgIpc) is 2.68. The first kappa shape index (κ1) is 17.3. The van der Waals surface area contributed by atoms with E-state index in [9.17, 15) is 14.0 Å². The van der Waals surface area contributed by atoms with Gasteiger partial charge >= 0.3 is 0 Å². The first-order chi connectivity index (χ1) is 13.0. The van der Waals surface area contributed by atoms with E-state index in [1.807, 2.05) is 6.07 Å². The van der Waals surface area contributed by atoms with E-state index in [2.05, 4.69) is 6.07 Å². The van der Waals surface area contributed by atoms with Gasteiger partial charge in [-0.2, -0.15) is 5.26 Å². The fraction of sp³-hybridized carbons (Fsp3) is 0.190. The predicted octanol–water partition coefficient (Wildman–Crippen LogP) is 4.00. The second-order valence-electron chi connectivity index (χ2n) is 6.50. The summed E-state index contributed by atoms with van der Waals surface area (Å²) < 4.78 is 39.0. The van der Waals surface area contributed by atoms with Gasteiger partial charge in [-0.1, -0.05) is 6.07 Å². The lowest BCUT2D eigenvalue weighted by atomic mass is 9.89. The normalized spacial score (nSPS) is 18.5. The molecule has 3 aromatic carbocycles. The van der Waals surface area contributed by atoms with Gasteiger partial charge < -0.3 is 15.2 Å². The van der Waals surface area contributed by atoms with E-state index in [4.69, 9.17) is 15.2 Å². The van der Waals surface area contributed by atoms with E-state index in [0.29, 0.717) is 23.5 Å². The first-order valence-electron chi connectivity index (χ1n) is 8.42. The van der Waals surface area contributed by atoms with E-state index in [1.165, 1.54) is 7.11 Å². The van der Waals surface area contributed by atoms with Crippen LogP contribution in [0.5, 0.6) is 11.5 Å². The van der Waals surface area contributed by atoms with E-state index in [-0.39, 0.29) is 5.56 Å². The zero-order valence-electron chi connectivity index (χ0n) is 14.5. The van der Waals surface area contributed by atoms with Gasteiger partial charge in [0.05, 0.1) is 18.7 Å². The van der Waals surface area contributed by atoms with Crippen LogP contribution in [0, 0.1) is 23.0 Å². The number of ether oxygens (including phenoxy) is 2. The molecular formula is C21H16F2N2O2. The number of hydrogen-bond acceptors (Lipinski definition) is 4. The average molecular weight is 366 g/mol. The topological polar surface area (TPSA) is 68.3 Å². The van der Waals surface area contributed by atoms with Crippen molar-refractivity contribution in [2.24, 2.45) is 5.73 Å². The minimum atomic E-state index is -0.786. The van der Waals surface area contributed by atoms with Crippen LogP contribution in [-0.4, -0.2) is 13.2 Å². The molecule has 3 aromatic rings. The zero-order valence-corrected chi connectivity index (χ0v) is 14.5. The summed E-state index contributed by atoms with van der Waals surface area (Å²) in [5.41, 5.74) is 7.66. The van der Waals surface area contributed by atoms with E-state index in [1.54, 1.807) is 18.2 Å². The summed E-state index contributed by atoms with van der Waals surface area (Å²) in [6.45, 7) is 0. The van der Waals surface area contributed by atoms with Crippen LogP contribution in [0.2, 0.25) is 0 Å². The SMILES string of the molecule is COc1cc2c3c(ccc2cc1C#N)O[C@H](c1cc(F)ccc1F)[C@@H](N)C3. The fourth-order valence-corrected chi connectivity index (χ4v) is 3.57. The van der Waals surface area contributed by atoms with Gasteiger partial charge in [-0.05, 0) is 53.6 Å². The number of nitrogens with two attached hydrogens (primary N) is 1. The molecule has 0 spiro atoms. The Kier molecular flexibility index (Phi) is 4.17. The third-order valence-electron chi connectivity index (χ3n) is 4.88. The molecule has 0 bridgehead atoms. The lowest BCUT2D eigenvalue weighted by Gasteiger charge is -2.32. The highest BCUT2D eigenvalue weighted by Crippen LogP contribution is 2.40. The van der Waals surface area contributed by atoms with Gasteiger partial charge in [0.2, 0.25) is 0 Å². The second kappa shape index (κ2) is 6.53. The van der Waals surface area contributed by atoms with Crippen molar-refractivity contribution in [1.29, 1.82) is 5.26 Å². The molecular weight excluding hydrogens is 350 g/mol. The van der Waals surface area contributed by atoms with Gasteiger partial charge in [0.25, 0.3) is 0 Å². The van der Waals surface area contributed by atoms with E-state index in [0.717, 1.165) is 34.5 Å². The number of methoxy groups -OCH3 is 1. The van der Waals surface area contributed by atoms with Crippen LogP contribution < -0.4 is 15.2 Å². The minimum Gasteiger partial charge on any atom is -0.495 e. The Morgan fingerprint density at radius 3 is 2.74 bits per heavy atom. The molecule has 2 N–H and O–H groups in total. The van der Waals surface area contributed by atoms with Crippen molar-refractivity contribution in [2.45, 2.75) is 18.6 Å². The van der Waals surface area contributed by atoms with Crippen molar-refractivity contribution in [3.8, 4) is 17.6 Å². The fourth-order valence-electron chi connectivity index (χ4n) is 3.57. The maximum absolute atomic E-state index is 14.2. The molecule has 4 nitrogen and oxygen atoms in total. The number of nitriles is 1. The zero-order chi connectivity index (χ0) is 19.1. The van der Waals surface area contributed by atoms with Crippen molar-refractivity contribution in [3.05, 3.63) is 70.8 Å². The molecule has 2 atom stereocenters. The molecule has 27 heavy (non-hydrogen) atoms. The Morgan fingerprint density at radius 1 is 1.19 bits per heavy atom. The minimum absolute atomic E-state index is 0.102. The summed E-state index contributed by atoms with van der Waals surface area (Å²) in [5.74, 6) is -0.0726. The largest absolute Gasteiger partial charge is 0.495 e. The van der Waals surface area contributed by atoms with Crippen molar-refractivity contribution in [2.75, 3.05) is 7.11 Å². The lowest BCUT2D eigenvalue weighted by Crippen LogP contribution is -2.38. The van der Waals surface area contributed by atoms with Gasteiger partial charge in [-0.25, -0.2) is 8.78 Å². The van der Waals surface area contributed by atoms with Crippen molar-refractivity contribution in [3.63, 3.8) is 0 Å². The molecule has 0 fully saturated rings. The van der Waals surface area contributed by atoms with Gasteiger partial charge in [-0.15, -0.1) is 0 Å². The Bertz CT molecular complexity index is 1090. The lowest BCUT2D eigenvalue weighted by molar-refractivity contribution is 0.149. The van der Waals surface area contributed by atoms with Crippen LogP contribution in [0.1, 0.15) is 22.8 Å². The second-order valence-corrected chi connectivity index (χ2v) is 6.50. The van der Waals surface area contributed by atoms with E-state index < -0.39 is 23.8 Å². The molecule has 1 aliphatic heterocycles. The molecule has 6 heteroatoms. The number of halogens is 2. The summed E-state index contributed by atoms with van der Waals surface area (Å²) >= 11 is 0. The maximum atomic E-state index is 14.2. The Balaban J connectivity index is 1.83. The molecule has 0 saturated carbocycles. The van der Waals surface area contributed by atoms with Crippen molar-refractivity contribution < 1.29 is 18.3 Å².